The maximum Gasteiger partial charge on any atom is 0.0767 e. The first-order chi connectivity index (χ1) is 9.11. The number of rotatable bonds is 5. The van der Waals surface area contributed by atoms with Gasteiger partial charge in [0.25, 0.3) is 0 Å². The molecular formula is C13H18BrN5. The highest BCUT2D eigenvalue weighted by Crippen LogP contribution is 2.21. The van der Waals surface area contributed by atoms with Gasteiger partial charge in [0.05, 0.1) is 27.2 Å². The number of hydrogen-bond donors (Lipinski definition) is 1. The van der Waals surface area contributed by atoms with Gasteiger partial charge in [0.15, 0.2) is 0 Å². The largest absolute Gasteiger partial charge is 0.305 e. The third-order valence-corrected chi connectivity index (χ3v) is 3.85. The van der Waals surface area contributed by atoms with Crippen LogP contribution < -0.4 is 5.32 Å². The maximum atomic E-state index is 4.47. The van der Waals surface area contributed by atoms with E-state index in [1.165, 1.54) is 0 Å². The summed E-state index contributed by atoms with van der Waals surface area (Å²) in [7, 11) is 1.96. The minimum atomic E-state index is 0.701. The molecule has 2 aromatic heterocycles. The second kappa shape index (κ2) is 6.25. The Kier molecular flexibility index (Phi) is 4.66. The molecule has 2 heterocycles. The van der Waals surface area contributed by atoms with Crippen LogP contribution in [0.5, 0.6) is 0 Å². The molecule has 0 saturated heterocycles. The fourth-order valence-electron chi connectivity index (χ4n) is 1.83. The van der Waals surface area contributed by atoms with Gasteiger partial charge in [-0.15, -0.1) is 0 Å². The van der Waals surface area contributed by atoms with Crippen LogP contribution in [-0.4, -0.2) is 19.7 Å². The van der Waals surface area contributed by atoms with Crippen LogP contribution in [0.25, 0.3) is 0 Å². The summed E-state index contributed by atoms with van der Waals surface area (Å²) in [6, 6.07) is 0. The highest BCUT2D eigenvalue weighted by molar-refractivity contribution is 9.10. The molecule has 2 rings (SSSR count). The monoisotopic (exact) mass is 323 g/mol. The summed E-state index contributed by atoms with van der Waals surface area (Å²) in [5.41, 5.74) is 4.12. The predicted octanol–water partition coefficient (Wildman–Crippen LogP) is 2.13. The molecule has 0 aliphatic heterocycles. The van der Waals surface area contributed by atoms with Gasteiger partial charge in [-0.05, 0) is 29.3 Å². The van der Waals surface area contributed by atoms with Gasteiger partial charge in [0.2, 0.25) is 0 Å². The molecule has 0 aliphatic carbocycles. The Balaban J connectivity index is 1.96. The van der Waals surface area contributed by atoms with E-state index in [4.69, 9.17) is 0 Å². The number of nitrogens with one attached hydrogen (secondary N) is 1. The van der Waals surface area contributed by atoms with Crippen molar-refractivity contribution < 1.29 is 0 Å². The van der Waals surface area contributed by atoms with Gasteiger partial charge in [0, 0.05) is 32.5 Å². The third kappa shape index (κ3) is 3.39. The molecule has 0 aromatic carbocycles. The molecule has 102 valence electrons. The Morgan fingerprint density at radius 1 is 1.26 bits per heavy atom. The minimum absolute atomic E-state index is 0.701. The Morgan fingerprint density at radius 3 is 2.63 bits per heavy atom. The summed E-state index contributed by atoms with van der Waals surface area (Å²) < 4.78 is 3.01. The van der Waals surface area contributed by atoms with Crippen molar-refractivity contribution in [2.45, 2.75) is 33.4 Å². The van der Waals surface area contributed by atoms with Gasteiger partial charge < -0.3 is 5.32 Å². The molecule has 0 saturated carbocycles. The minimum Gasteiger partial charge on any atom is -0.305 e. The molecule has 0 aliphatic rings. The normalized spacial score (nSPS) is 10.9. The van der Waals surface area contributed by atoms with E-state index in [0.717, 1.165) is 40.2 Å². The first kappa shape index (κ1) is 14.1. The molecule has 0 atom stereocenters. The summed E-state index contributed by atoms with van der Waals surface area (Å²) in [5.74, 6) is 0. The van der Waals surface area contributed by atoms with Crippen molar-refractivity contribution in [3.63, 3.8) is 0 Å². The Bertz CT molecular complexity index is 547. The van der Waals surface area contributed by atoms with Crippen LogP contribution in [0.3, 0.4) is 0 Å². The van der Waals surface area contributed by atoms with Crippen LogP contribution in [0.1, 0.15) is 29.7 Å². The average Bonchev–Trinajstić information content (AvgIpc) is 2.68. The number of aromatic nitrogens is 4. The van der Waals surface area contributed by atoms with Crippen LogP contribution >= 0.6 is 15.9 Å². The standard InChI is InChI=1S/C13H18BrN5/c1-4-11-13(14)12(19(3)18-11)8-15-6-10-7-16-9(2)5-17-10/h5,7,15H,4,6,8H2,1-3H3. The van der Waals surface area contributed by atoms with E-state index in [1.54, 1.807) is 12.4 Å². The van der Waals surface area contributed by atoms with E-state index in [1.807, 2.05) is 18.7 Å². The molecule has 5 nitrogen and oxygen atoms in total. The fourth-order valence-corrected chi connectivity index (χ4v) is 2.59. The van der Waals surface area contributed by atoms with Crippen LogP contribution in [0.4, 0.5) is 0 Å². The summed E-state index contributed by atoms with van der Waals surface area (Å²) >= 11 is 3.61. The highest BCUT2D eigenvalue weighted by Gasteiger charge is 2.11. The van der Waals surface area contributed by atoms with Crippen LogP contribution in [0.15, 0.2) is 16.9 Å². The number of hydrogen-bond acceptors (Lipinski definition) is 4. The lowest BCUT2D eigenvalue weighted by Gasteiger charge is -2.05. The SMILES string of the molecule is CCc1nn(C)c(CNCc2cnc(C)cn2)c1Br. The molecular weight excluding hydrogens is 306 g/mol. The summed E-state index contributed by atoms with van der Waals surface area (Å²) in [4.78, 5) is 8.54. The second-order valence-corrected chi connectivity index (χ2v) is 5.23. The van der Waals surface area contributed by atoms with Gasteiger partial charge in [-0.1, -0.05) is 6.92 Å². The Labute approximate surface area is 121 Å². The zero-order valence-corrected chi connectivity index (χ0v) is 13.0. The lowest BCUT2D eigenvalue weighted by atomic mass is 10.3. The van der Waals surface area contributed by atoms with Gasteiger partial charge in [-0.25, -0.2) is 0 Å². The first-order valence-electron chi connectivity index (χ1n) is 6.30. The Morgan fingerprint density at radius 2 is 2.05 bits per heavy atom. The number of halogens is 1. The molecule has 0 bridgehead atoms. The van der Waals surface area contributed by atoms with Crippen molar-refractivity contribution in [2.75, 3.05) is 0 Å². The molecule has 0 unspecified atom stereocenters. The van der Waals surface area contributed by atoms with Gasteiger partial charge in [-0.3, -0.25) is 14.6 Å². The summed E-state index contributed by atoms with van der Waals surface area (Å²) in [5, 5.41) is 7.83. The fraction of sp³-hybridized carbons (Fsp3) is 0.462. The molecule has 19 heavy (non-hydrogen) atoms. The third-order valence-electron chi connectivity index (χ3n) is 2.94. The van der Waals surface area contributed by atoms with E-state index in [-0.39, 0.29) is 0 Å². The molecule has 0 radical (unpaired) electrons. The van der Waals surface area contributed by atoms with Gasteiger partial charge in [-0.2, -0.15) is 5.10 Å². The average molecular weight is 324 g/mol. The van der Waals surface area contributed by atoms with Crippen molar-refractivity contribution in [2.24, 2.45) is 7.05 Å². The lowest BCUT2D eigenvalue weighted by molar-refractivity contribution is 0.614. The molecule has 0 fully saturated rings. The predicted molar refractivity (Wildman–Crippen MR) is 77.6 cm³/mol. The van der Waals surface area contributed by atoms with Crippen molar-refractivity contribution in [1.82, 2.24) is 25.1 Å². The van der Waals surface area contributed by atoms with Gasteiger partial charge >= 0.3 is 0 Å². The number of nitrogens with zero attached hydrogens (tertiary/aromatic N) is 4. The van der Waals surface area contributed by atoms with Gasteiger partial charge in [0.1, 0.15) is 0 Å². The molecule has 0 amide bonds. The highest BCUT2D eigenvalue weighted by atomic mass is 79.9. The van der Waals surface area contributed by atoms with Crippen molar-refractivity contribution >= 4 is 15.9 Å². The molecule has 6 heteroatoms. The smallest absolute Gasteiger partial charge is 0.0767 e. The van der Waals surface area contributed by atoms with Crippen molar-refractivity contribution in [3.8, 4) is 0 Å². The maximum absolute atomic E-state index is 4.47. The summed E-state index contributed by atoms with van der Waals surface area (Å²) in [6.45, 7) is 5.49. The van der Waals surface area contributed by atoms with E-state index >= 15 is 0 Å². The van der Waals surface area contributed by atoms with Crippen LogP contribution in [0, 0.1) is 6.92 Å². The molecule has 2 aromatic rings. The van der Waals surface area contributed by atoms with E-state index in [2.05, 4.69) is 43.2 Å². The second-order valence-electron chi connectivity index (χ2n) is 4.44. The van der Waals surface area contributed by atoms with Crippen molar-refractivity contribution in [3.05, 3.63) is 39.6 Å². The zero-order chi connectivity index (χ0) is 13.8. The Hall–Kier alpha value is -1.27. The van der Waals surface area contributed by atoms with Crippen molar-refractivity contribution in [1.29, 1.82) is 0 Å². The first-order valence-corrected chi connectivity index (χ1v) is 7.09. The quantitative estimate of drug-likeness (QED) is 0.915. The van der Waals surface area contributed by atoms with Crippen LogP contribution in [0.2, 0.25) is 0 Å². The summed E-state index contributed by atoms with van der Waals surface area (Å²) in [6.07, 6.45) is 4.52. The topological polar surface area (TPSA) is 55.6 Å². The number of aryl methyl sites for hydroxylation is 3. The van der Waals surface area contributed by atoms with E-state index < -0.39 is 0 Å². The zero-order valence-electron chi connectivity index (χ0n) is 11.4. The van der Waals surface area contributed by atoms with E-state index in [9.17, 15) is 0 Å². The van der Waals surface area contributed by atoms with E-state index in [0.29, 0.717) is 6.54 Å². The molecule has 0 spiro atoms. The lowest BCUT2D eigenvalue weighted by Crippen LogP contribution is -2.16. The molecule has 1 N–H and O–H groups in total. The van der Waals surface area contributed by atoms with Crippen LogP contribution in [-0.2, 0) is 26.6 Å².